The van der Waals surface area contributed by atoms with Crippen LogP contribution in [0.4, 0.5) is 0 Å². The Morgan fingerprint density at radius 1 is 1.15 bits per heavy atom. The third-order valence-electron chi connectivity index (χ3n) is 5.50. The van der Waals surface area contributed by atoms with Gasteiger partial charge in [0.05, 0.1) is 25.9 Å². The Hall–Kier alpha value is -1.02. The Morgan fingerprint density at radius 2 is 1.88 bits per heavy atom. The molecule has 0 aliphatic carbocycles. The number of aliphatic hydroxyl groups is 2. The van der Waals surface area contributed by atoms with Gasteiger partial charge in [0, 0.05) is 11.8 Å². The van der Waals surface area contributed by atoms with Crippen molar-refractivity contribution in [3.05, 3.63) is 35.9 Å². The van der Waals surface area contributed by atoms with Crippen LogP contribution < -0.4 is 0 Å². The second kappa shape index (κ2) is 8.33. The van der Waals surface area contributed by atoms with E-state index in [-0.39, 0.29) is 30.8 Å². The monoisotopic (exact) mass is 366 g/mol. The lowest BCUT2D eigenvalue weighted by atomic mass is 9.90. The second-order valence-electron chi connectivity index (χ2n) is 7.52. The van der Waals surface area contributed by atoms with Crippen LogP contribution in [0.15, 0.2) is 30.3 Å². The van der Waals surface area contributed by atoms with Gasteiger partial charge in [0.1, 0.15) is 11.7 Å². The molecule has 146 valence electrons. The van der Waals surface area contributed by atoms with E-state index in [1.807, 2.05) is 51.1 Å². The summed E-state index contributed by atoms with van der Waals surface area (Å²) in [5.74, 6) is 0.0984. The smallest absolute Gasteiger partial charge is 0.186 e. The Bertz CT molecular complexity index is 567. The van der Waals surface area contributed by atoms with Crippen molar-refractivity contribution in [2.75, 3.05) is 13.2 Å². The molecule has 2 saturated heterocycles. The SMILES string of the molecule is CC[C@]1(O)CO[C@H](O[C@H]2[C@H](C)[C@H](OCc3ccccc3)OC[C@@H]2C)[C@H]1O. The highest BCUT2D eigenvalue weighted by molar-refractivity contribution is 5.13. The molecule has 0 unspecified atom stereocenters. The van der Waals surface area contributed by atoms with E-state index >= 15 is 0 Å². The first-order valence-electron chi connectivity index (χ1n) is 9.39. The largest absolute Gasteiger partial charge is 0.385 e. The molecule has 0 amide bonds. The predicted molar refractivity (Wildman–Crippen MR) is 95.2 cm³/mol. The van der Waals surface area contributed by atoms with Crippen molar-refractivity contribution >= 4 is 0 Å². The van der Waals surface area contributed by atoms with Crippen molar-refractivity contribution in [2.24, 2.45) is 11.8 Å². The first-order valence-corrected chi connectivity index (χ1v) is 9.39. The lowest BCUT2D eigenvalue weighted by molar-refractivity contribution is -0.278. The molecule has 2 aliphatic rings. The van der Waals surface area contributed by atoms with Gasteiger partial charge in [-0.3, -0.25) is 0 Å². The quantitative estimate of drug-likeness (QED) is 0.803. The van der Waals surface area contributed by atoms with E-state index in [9.17, 15) is 10.2 Å². The second-order valence-corrected chi connectivity index (χ2v) is 7.52. The molecule has 1 aromatic rings. The minimum atomic E-state index is -1.24. The molecular formula is C20H30O6. The maximum absolute atomic E-state index is 10.4. The van der Waals surface area contributed by atoms with Crippen molar-refractivity contribution in [3.63, 3.8) is 0 Å². The number of ether oxygens (including phenoxy) is 4. The van der Waals surface area contributed by atoms with E-state index in [0.717, 1.165) is 5.56 Å². The van der Waals surface area contributed by atoms with Crippen molar-refractivity contribution < 1.29 is 29.2 Å². The van der Waals surface area contributed by atoms with Crippen LogP contribution in [0.3, 0.4) is 0 Å². The number of benzene rings is 1. The van der Waals surface area contributed by atoms with Crippen LogP contribution in [-0.4, -0.2) is 53.8 Å². The highest BCUT2D eigenvalue weighted by Gasteiger charge is 2.49. The summed E-state index contributed by atoms with van der Waals surface area (Å²) in [5, 5.41) is 20.7. The summed E-state index contributed by atoms with van der Waals surface area (Å²) in [6, 6.07) is 9.95. The van der Waals surface area contributed by atoms with Gasteiger partial charge in [0.25, 0.3) is 0 Å². The van der Waals surface area contributed by atoms with E-state index in [1.54, 1.807) is 0 Å². The van der Waals surface area contributed by atoms with E-state index in [0.29, 0.717) is 19.6 Å². The molecule has 2 N–H and O–H groups in total. The van der Waals surface area contributed by atoms with Gasteiger partial charge in [0.2, 0.25) is 0 Å². The van der Waals surface area contributed by atoms with Gasteiger partial charge in [-0.1, -0.05) is 51.1 Å². The average molecular weight is 366 g/mol. The number of rotatable bonds is 6. The molecule has 2 fully saturated rings. The number of hydrogen-bond acceptors (Lipinski definition) is 6. The third-order valence-corrected chi connectivity index (χ3v) is 5.50. The zero-order chi connectivity index (χ0) is 18.7. The van der Waals surface area contributed by atoms with Crippen LogP contribution in [0.5, 0.6) is 0 Å². The van der Waals surface area contributed by atoms with Crippen LogP contribution in [-0.2, 0) is 25.6 Å². The minimum absolute atomic E-state index is 0.0337. The predicted octanol–water partition coefficient (Wildman–Crippen LogP) is 2.08. The summed E-state index contributed by atoms with van der Waals surface area (Å²) in [7, 11) is 0. The minimum Gasteiger partial charge on any atom is -0.385 e. The highest BCUT2D eigenvalue weighted by atomic mass is 16.7. The molecule has 0 spiro atoms. The molecule has 1 aromatic carbocycles. The zero-order valence-electron chi connectivity index (χ0n) is 15.7. The molecule has 0 radical (unpaired) electrons. The molecule has 7 atom stereocenters. The highest BCUT2D eigenvalue weighted by Crippen LogP contribution is 2.34. The third kappa shape index (κ3) is 4.11. The first kappa shape index (κ1) is 19.7. The van der Waals surface area contributed by atoms with Gasteiger partial charge < -0.3 is 29.2 Å². The molecular weight excluding hydrogens is 336 g/mol. The van der Waals surface area contributed by atoms with Gasteiger partial charge in [-0.2, -0.15) is 0 Å². The summed E-state index contributed by atoms with van der Waals surface area (Å²) in [4.78, 5) is 0. The van der Waals surface area contributed by atoms with E-state index in [2.05, 4.69) is 0 Å². The Morgan fingerprint density at radius 3 is 2.54 bits per heavy atom. The van der Waals surface area contributed by atoms with E-state index in [1.165, 1.54) is 0 Å². The number of aliphatic hydroxyl groups excluding tert-OH is 1. The van der Waals surface area contributed by atoms with Crippen molar-refractivity contribution in [1.82, 2.24) is 0 Å². The Kier molecular flexibility index (Phi) is 6.33. The molecule has 0 bridgehead atoms. The van der Waals surface area contributed by atoms with Crippen molar-refractivity contribution in [3.8, 4) is 0 Å². The lowest BCUT2D eigenvalue weighted by Gasteiger charge is -2.41. The van der Waals surface area contributed by atoms with Crippen LogP contribution in [0.1, 0.15) is 32.8 Å². The molecule has 2 heterocycles. The molecule has 6 heteroatoms. The topological polar surface area (TPSA) is 77.4 Å². The van der Waals surface area contributed by atoms with Crippen molar-refractivity contribution in [2.45, 2.75) is 64.2 Å². The fourth-order valence-corrected chi connectivity index (χ4v) is 3.61. The maximum atomic E-state index is 10.4. The zero-order valence-corrected chi connectivity index (χ0v) is 15.7. The van der Waals surface area contributed by atoms with Gasteiger partial charge in [0.15, 0.2) is 12.6 Å². The summed E-state index contributed by atoms with van der Waals surface area (Å²) < 4.78 is 23.4. The Labute approximate surface area is 155 Å². The summed E-state index contributed by atoms with van der Waals surface area (Å²) in [6.07, 6.45) is -2.06. The fourth-order valence-electron chi connectivity index (χ4n) is 3.61. The normalized spacial score (nSPS) is 40.7. The van der Waals surface area contributed by atoms with E-state index in [4.69, 9.17) is 18.9 Å². The summed E-state index contributed by atoms with van der Waals surface area (Å²) >= 11 is 0. The van der Waals surface area contributed by atoms with Crippen molar-refractivity contribution in [1.29, 1.82) is 0 Å². The molecule has 26 heavy (non-hydrogen) atoms. The fraction of sp³-hybridized carbons (Fsp3) is 0.700. The first-order chi connectivity index (χ1) is 12.4. The van der Waals surface area contributed by atoms with Gasteiger partial charge >= 0.3 is 0 Å². The maximum Gasteiger partial charge on any atom is 0.186 e. The van der Waals surface area contributed by atoms with Crippen LogP contribution in [0.2, 0.25) is 0 Å². The molecule has 6 nitrogen and oxygen atoms in total. The van der Waals surface area contributed by atoms with E-state index < -0.39 is 18.0 Å². The lowest BCUT2D eigenvalue weighted by Crippen LogP contribution is -2.50. The molecule has 0 saturated carbocycles. The standard InChI is InChI=1S/C20H30O6/c1-4-20(22)12-25-19(17(20)21)26-16-13(2)10-23-18(14(16)3)24-11-15-8-6-5-7-9-15/h5-9,13-14,16-19,21-22H,4,10-12H2,1-3H3/t13-,14-,16+,17+,18-,19+,20-/m0/s1. The molecule has 3 rings (SSSR count). The average Bonchev–Trinajstić information content (AvgIpc) is 2.94. The van der Waals surface area contributed by atoms with Crippen LogP contribution in [0, 0.1) is 11.8 Å². The summed E-state index contributed by atoms with van der Waals surface area (Å²) in [6.45, 7) is 6.94. The molecule has 2 aliphatic heterocycles. The number of hydrogen-bond donors (Lipinski definition) is 2. The summed E-state index contributed by atoms with van der Waals surface area (Å²) in [5.41, 5.74) is -0.159. The molecule has 0 aromatic heterocycles. The van der Waals surface area contributed by atoms with Gasteiger partial charge in [-0.15, -0.1) is 0 Å². The Balaban J connectivity index is 1.59. The van der Waals surface area contributed by atoms with Gasteiger partial charge in [-0.05, 0) is 12.0 Å². The van der Waals surface area contributed by atoms with Crippen LogP contribution in [0.25, 0.3) is 0 Å². The van der Waals surface area contributed by atoms with Gasteiger partial charge in [-0.25, -0.2) is 0 Å². The van der Waals surface area contributed by atoms with Crippen LogP contribution >= 0.6 is 0 Å².